The summed E-state index contributed by atoms with van der Waals surface area (Å²) in [7, 11) is 0. The Kier molecular flexibility index (Phi) is 4.55. The smallest absolute Gasteiger partial charge is 0.0494 e. The molecule has 0 heterocycles. The zero-order valence-corrected chi connectivity index (χ0v) is 7.09. The molecule has 0 atom stereocenters. The molecule has 0 saturated heterocycles. The molecule has 0 spiro atoms. The van der Waals surface area contributed by atoms with E-state index >= 15 is 0 Å². The van der Waals surface area contributed by atoms with E-state index < -0.39 is 0 Å². The maximum absolute atomic E-state index is 8.48. The average Bonchev–Trinajstić information content (AvgIpc) is 2.80. The predicted octanol–water partition coefficient (Wildman–Crippen LogP) is 1.58. The zero-order valence-electron chi connectivity index (χ0n) is 7.09. The minimum absolute atomic E-state index is 0.322. The highest BCUT2D eigenvalue weighted by atomic mass is 16.5. The maximum Gasteiger partial charge on any atom is 0.0494 e. The van der Waals surface area contributed by atoms with Crippen LogP contribution >= 0.6 is 0 Å². The molecule has 0 unspecified atom stereocenters. The van der Waals surface area contributed by atoms with Crippen LogP contribution in [0.25, 0.3) is 0 Å². The van der Waals surface area contributed by atoms with Gasteiger partial charge in [-0.2, -0.15) is 0 Å². The molecule has 11 heavy (non-hydrogen) atoms. The van der Waals surface area contributed by atoms with E-state index in [1.165, 1.54) is 12.8 Å². The van der Waals surface area contributed by atoms with E-state index in [4.69, 9.17) is 9.84 Å². The summed E-state index contributed by atoms with van der Waals surface area (Å²) < 4.78 is 5.42. The van der Waals surface area contributed by atoms with Gasteiger partial charge in [0.1, 0.15) is 0 Å². The van der Waals surface area contributed by atoms with Gasteiger partial charge in [0.25, 0.3) is 0 Å². The molecule has 1 rings (SSSR count). The first-order valence-electron chi connectivity index (χ1n) is 4.62. The fraction of sp³-hybridized carbons (Fsp3) is 1.00. The van der Waals surface area contributed by atoms with Crippen LogP contribution in [0.15, 0.2) is 0 Å². The molecule has 0 aromatic carbocycles. The first kappa shape index (κ1) is 9.01. The number of ether oxygens (including phenoxy) is 1. The molecule has 1 saturated carbocycles. The van der Waals surface area contributed by atoms with Crippen molar-refractivity contribution in [3.05, 3.63) is 0 Å². The van der Waals surface area contributed by atoms with Crippen LogP contribution < -0.4 is 0 Å². The van der Waals surface area contributed by atoms with Crippen LogP contribution in [0.2, 0.25) is 0 Å². The average molecular weight is 158 g/mol. The Bertz CT molecular complexity index is 89.6. The number of hydrogen-bond acceptors (Lipinski definition) is 2. The van der Waals surface area contributed by atoms with E-state index in [1.54, 1.807) is 0 Å². The Morgan fingerprint density at radius 3 is 2.64 bits per heavy atom. The fourth-order valence-corrected chi connectivity index (χ4v) is 1.03. The highest BCUT2D eigenvalue weighted by molar-refractivity contribution is 4.71. The summed E-state index contributed by atoms with van der Waals surface area (Å²) in [4.78, 5) is 0. The van der Waals surface area contributed by atoms with E-state index in [-0.39, 0.29) is 0 Å². The number of aliphatic hydroxyl groups excluding tert-OH is 1. The molecule has 2 nitrogen and oxygen atoms in total. The number of rotatable bonds is 7. The highest BCUT2D eigenvalue weighted by Crippen LogP contribution is 2.28. The van der Waals surface area contributed by atoms with Gasteiger partial charge in [0.2, 0.25) is 0 Å². The topological polar surface area (TPSA) is 29.5 Å². The molecule has 66 valence electrons. The maximum atomic E-state index is 8.48. The minimum Gasteiger partial charge on any atom is -0.396 e. The van der Waals surface area contributed by atoms with Crippen molar-refractivity contribution >= 4 is 0 Å². The zero-order chi connectivity index (χ0) is 7.94. The van der Waals surface area contributed by atoms with Gasteiger partial charge < -0.3 is 9.84 Å². The third kappa shape index (κ3) is 5.22. The predicted molar refractivity (Wildman–Crippen MR) is 44.5 cm³/mol. The Balaban J connectivity index is 1.66. The van der Waals surface area contributed by atoms with Crippen molar-refractivity contribution in [2.75, 3.05) is 19.8 Å². The molecule has 0 aromatic rings. The first-order chi connectivity index (χ1) is 5.43. The van der Waals surface area contributed by atoms with Gasteiger partial charge in [-0.15, -0.1) is 0 Å². The lowest BCUT2D eigenvalue weighted by Gasteiger charge is -2.01. The van der Waals surface area contributed by atoms with Gasteiger partial charge >= 0.3 is 0 Å². The summed E-state index contributed by atoms with van der Waals surface area (Å²) in [5, 5.41) is 8.48. The molecule has 0 bridgehead atoms. The summed E-state index contributed by atoms with van der Waals surface area (Å²) in [5.74, 6) is 0.882. The second-order valence-electron chi connectivity index (χ2n) is 3.30. The van der Waals surface area contributed by atoms with Gasteiger partial charge in [-0.3, -0.25) is 0 Å². The third-order valence-electron chi connectivity index (χ3n) is 2.00. The quantitative estimate of drug-likeness (QED) is 0.570. The van der Waals surface area contributed by atoms with Crippen molar-refractivity contribution in [3.8, 4) is 0 Å². The van der Waals surface area contributed by atoms with Crippen LogP contribution in [0.1, 0.15) is 32.1 Å². The number of unbranched alkanes of at least 4 members (excludes halogenated alkanes) is 2. The SMILES string of the molecule is OCCCCCOCC1CC1. The summed E-state index contributed by atoms with van der Waals surface area (Å²) in [6.07, 6.45) is 5.87. The second-order valence-corrected chi connectivity index (χ2v) is 3.30. The lowest BCUT2D eigenvalue weighted by molar-refractivity contribution is 0.119. The number of aliphatic hydroxyl groups is 1. The van der Waals surface area contributed by atoms with Crippen molar-refractivity contribution in [1.29, 1.82) is 0 Å². The van der Waals surface area contributed by atoms with Gasteiger partial charge in [0, 0.05) is 19.8 Å². The van der Waals surface area contributed by atoms with Gasteiger partial charge in [-0.05, 0) is 38.0 Å². The Labute approximate surface area is 68.6 Å². The molecule has 0 aliphatic heterocycles. The molecule has 0 radical (unpaired) electrons. The van der Waals surface area contributed by atoms with E-state index in [0.29, 0.717) is 6.61 Å². The van der Waals surface area contributed by atoms with Gasteiger partial charge in [0.05, 0.1) is 0 Å². The molecular weight excluding hydrogens is 140 g/mol. The molecule has 1 aliphatic rings. The van der Waals surface area contributed by atoms with E-state index in [2.05, 4.69) is 0 Å². The highest BCUT2D eigenvalue weighted by Gasteiger charge is 2.20. The van der Waals surface area contributed by atoms with Crippen molar-refractivity contribution in [2.45, 2.75) is 32.1 Å². The molecule has 1 fully saturated rings. The minimum atomic E-state index is 0.322. The lowest BCUT2D eigenvalue weighted by atomic mass is 10.2. The molecule has 2 heteroatoms. The summed E-state index contributed by atoms with van der Waals surface area (Å²) >= 11 is 0. The Morgan fingerprint density at radius 2 is 2.00 bits per heavy atom. The van der Waals surface area contributed by atoms with Crippen molar-refractivity contribution in [1.82, 2.24) is 0 Å². The Morgan fingerprint density at radius 1 is 1.18 bits per heavy atom. The first-order valence-corrected chi connectivity index (χ1v) is 4.62. The van der Waals surface area contributed by atoms with Crippen LogP contribution in [-0.4, -0.2) is 24.9 Å². The standard InChI is InChI=1S/C9H18O2/c10-6-2-1-3-7-11-8-9-4-5-9/h9-10H,1-8H2. The molecular formula is C9H18O2. The fourth-order valence-electron chi connectivity index (χ4n) is 1.03. The van der Waals surface area contributed by atoms with Crippen molar-refractivity contribution < 1.29 is 9.84 Å². The largest absolute Gasteiger partial charge is 0.396 e. The van der Waals surface area contributed by atoms with Crippen molar-refractivity contribution in [3.63, 3.8) is 0 Å². The van der Waals surface area contributed by atoms with Crippen LogP contribution in [0.4, 0.5) is 0 Å². The molecule has 0 amide bonds. The summed E-state index contributed by atoms with van der Waals surface area (Å²) in [6.45, 7) is 2.18. The van der Waals surface area contributed by atoms with Crippen LogP contribution in [-0.2, 0) is 4.74 Å². The van der Waals surface area contributed by atoms with Gasteiger partial charge in [0.15, 0.2) is 0 Å². The Hall–Kier alpha value is -0.0800. The van der Waals surface area contributed by atoms with Gasteiger partial charge in [-0.1, -0.05) is 0 Å². The molecule has 1 N–H and O–H groups in total. The van der Waals surface area contributed by atoms with Gasteiger partial charge in [-0.25, -0.2) is 0 Å². The van der Waals surface area contributed by atoms with E-state index in [0.717, 1.165) is 38.4 Å². The third-order valence-corrected chi connectivity index (χ3v) is 2.00. The molecule has 1 aliphatic carbocycles. The second kappa shape index (κ2) is 5.56. The molecule has 0 aromatic heterocycles. The van der Waals surface area contributed by atoms with E-state index in [1.807, 2.05) is 0 Å². The van der Waals surface area contributed by atoms with Crippen LogP contribution in [0.3, 0.4) is 0 Å². The van der Waals surface area contributed by atoms with Crippen LogP contribution in [0, 0.1) is 5.92 Å². The summed E-state index contributed by atoms with van der Waals surface area (Å²) in [6, 6.07) is 0. The number of hydrogen-bond donors (Lipinski definition) is 1. The van der Waals surface area contributed by atoms with Crippen LogP contribution in [0.5, 0.6) is 0 Å². The lowest BCUT2D eigenvalue weighted by Crippen LogP contribution is -1.98. The van der Waals surface area contributed by atoms with Crippen molar-refractivity contribution in [2.24, 2.45) is 5.92 Å². The summed E-state index contributed by atoms with van der Waals surface area (Å²) in [5.41, 5.74) is 0. The normalized spacial score (nSPS) is 17.2. The monoisotopic (exact) mass is 158 g/mol. The van der Waals surface area contributed by atoms with E-state index in [9.17, 15) is 0 Å².